The van der Waals surface area contributed by atoms with Gasteiger partial charge in [-0.05, 0) is 67.6 Å². The molecule has 0 radical (unpaired) electrons. The first-order chi connectivity index (χ1) is 15.8. The van der Waals surface area contributed by atoms with E-state index in [9.17, 15) is 13.2 Å². The highest BCUT2D eigenvalue weighted by molar-refractivity contribution is 7.89. The Kier molecular flexibility index (Phi) is 5.42. The maximum absolute atomic E-state index is 13.1. The molecule has 4 aromatic rings. The number of imidazole rings is 1. The first kappa shape index (κ1) is 21.6. The van der Waals surface area contributed by atoms with Crippen LogP contribution < -0.4 is 5.69 Å². The highest BCUT2D eigenvalue weighted by Crippen LogP contribution is 2.32. The third-order valence-electron chi connectivity index (χ3n) is 6.70. The number of benzene rings is 2. The Balaban J connectivity index is 1.30. The molecule has 0 amide bonds. The summed E-state index contributed by atoms with van der Waals surface area (Å²) < 4.78 is 27.8. The van der Waals surface area contributed by atoms with Crippen LogP contribution in [0.3, 0.4) is 0 Å². The number of aromatic amines is 2. The van der Waals surface area contributed by atoms with Gasteiger partial charge in [0, 0.05) is 36.5 Å². The minimum atomic E-state index is -3.62. The topological polar surface area (TPSA) is 98.9 Å². The molecule has 8 heteroatoms. The lowest BCUT2D eigenvalue weighted by Crippen LogP contribution is -2.38. The molecule has 5 rings (SSSR count). The Morgan fingerprint density at radius 3 is 2.45 bits per heavy atom. The normalized spacial score (nSPS) is 15.8. The number of sulfonamides is 1. The predicted molar refractivity (Wildman–Crippen MR) is 129 cm³/mol. The van der Waals surface area contributed by atoms with Crippen LogP contribution in [0.25, 0.3) is 22.2 Å². The number of hydrogen-bond acceptors (Lipinski definition) is 4. The van der Waals surface area contributed by atoms with Crippen LogP contribution in [-0.2, 0) is 10.0 Å². The summed E-state index contributed by atoms with van der Waals surface area (Å²) in [6, 6.07) is 15.1. The van der Waals surface area contributed by atoms with Gasteiger partial charge < -0.3 is 9.97 Å². The van der Waals surface area contributed by atoms with E-state index in [1.165, 1.54) is 27.1 Å². The molecule has 3 heterocycles. The van der Waals surface area contributed by atoms with E-state index in [4.69, 9.17) is 4.98 Å². The zero-order chi connectivity index (χ0) is 23.2. The molecule has 170 valence electrons. The van der Waals surface area contributed by atoms with Crippen molar-refractivity contribution in [1.29, 1.82) is 0 Å². The minimum absolute atomic E-state index is 0.194. The fourth-order valence-electron chi connectivity index (χ4n) is 4.58. The number of aryl methyl sites for hydroxylation is 1. The molecule has 7 nitrogen and oxygen atoms in total. The predicted octanol–water partition coefficient (Wildman–Crippen LogP) is 4.10. The summed E-state index contributed by atoms with van der Waals surface area (Å²) in [5, 5.41) is 0. The maximum atomic E-state index is 13.1. The molecule has 1 fully saturated rings. The second kappa shape index (κ2) is 8.28. The highest BCUT2D eigenvalue weighted by atomic mass is 32.2. The highest BCUT2D eigenvalue weighted by Gasteiger charge is 2.30. The van der Waals surface area contributed by atoms with Crippen LogP contribution >= 0.6 is 0 Å². The van der Waals surface area contributed by atoms with Gasteiger partial charge in [0.25, 0.3) is 0 Å². The molecule has 2 N–H and O–H groups in total. The molecular weight excluding hydrogens is 436 g/mol. The van der Waals surface area contributed by atoms with Crippen LogP contribution in [0.4, 0.5) is 0 Å². The first-order valence-electron chi connectivity index (χ1n) is 11.1. The SMILES string of the molecule is Cc1cccc(-c2ccc(C3CCN(S(=O)(=O)c4ccc5[nH]c(=O)[nH]c5c4)CC3)nc2)c1C. The summed E-state index contributed by atoms with van der Waals surface area (Å²) in [5.41, 5.74) is 6.54. The van der Waals surface area contributed by atoms with Crippen molar-refractivity contribution in [2.24, 2.45) is 0 Å². The van der Waals surface area contributed by atoms with Crippen molar-refractivity contribution in [2.45, 2.75) is 37.5 Å². The third kappa shape index (κ3) is 4.00. The Morgan fingerprint density at radius 2 is 1.73 bits per heavy atom. The average molecular weight is 463 g/mol. The fraction of sp³-hybridized carbons (Fsp3) is 0.280. The molecule has 0 atom stereocenters. The number of H-pyrrole nitrogens is 2. The lowest BCUT2D eigenvalue weighted by Gasteiger charge is -2.31. The van der Waals surface area contributed by atoms with Gasteiger partial charge >= 0.3 is 5.69 Å². The number of nitrogens with one attached hydrogen (secondary N) is 2. The number of aromatic nitrogens is 3. The van der Waals surface area contributed by atoms with Crippen molar-refractivity contribution in [1.82, 2.24) is 19.3 Å². The van der Waals surface area contributed by atoms with Crippen molar-refractivity contribution in [3.63, 3.8) is 0 Å². The summed E-state index contributed by atoms with van der Waals surface area (Å²) in [5.74, 6) is 0.229. The first-order valence-corrected chi connectivity index (χ1v) is 12.5. The van der Waals surface area contributed by atoms with Gasteiger partial charge in [0.05, 0.1) is 15.9 Å². The van der Waals surface area contributed by atoms with Crippen LogP contribution in [0.5, 0.6) is 0 Å². The summed E-state index contributed by atoms with van der Waals surface area (Å²) in [6.45, 7) is 5.11. The molecule has 33 heavy (non-hydrogen) atoms. The molecule has 0 saturated carbocycles. The van der Waals surface area contributed by atoms with E-state index >= 15 is 0 Å². The van der Waals surface area contributed by atoms with Gasteiger partial charge in [-0.3, -0.25) is 4.98 Å². The smallest absolute Gasteiger partial charge is 0.306 e. The Morgan fingerprint density at radius 1 is 0.970 bits per heavy atom. The number of pyridine rings is 1. The fourth-order valence-corrected chi connectivity index (χ4v) is 6.08. The molecule has 2 aromatic heterocycles. The largest absolute Gasteiger partial charge is 0.323 e. The van der Waals surface area contributed by atoms with Crippen LogP contribution in [0.2, 0.25) is 0 Å². The molecular formula is C25H26N4O3S. The zero-order valence-corrected chi connectivity index (χ0v) is 19.4. The average Bonchev–Trinajstić information content (AvgIpc) is 3.20. The van der Waals surface area contributed by atoms with Crippen LogP contribution in [0.15, 0.2) is 64.4 Å². The van der Waals surface area contributed by atoms with E-state index < -0.39 is 10.0 Å². The molecule has 1 saturated heterocycles. The van der Waals surface area contributed by atoms with Gasteiger partial charge in [-0.2, -0.15) is 4.31 Å². The maximum Gasteiger partial charge on any atom is 0.323 e. The number of fused-ring (bicyclic) bond motifs is 1. The van der Waals surface area contributed by atoms with Gasteiger partial charge in [0.15, 0.2) is 0 Å². The van der Waals surface area contributed by atoms with Crippen molar-refractivity contribution in [3.05, 3.63) is 82.0 Å². The Bertz CT molecular complexity index is 1480. The summed E-state index contributed by atoms with van der Waals surface area (Å²) in [4.78, 5) is 21.7. The molecule has 0 unspecified atom stereocenters. The Labute approximate surface area is 192 Å². The third-order valence-corrected chi connectivity index (χ3v) is 8.59. The second-order valence-electron chi connectivity index (χ2n) is 8.68. The molecule has 1 aliphatic rings. The summed E-state index contributed by atoms with van der Waals surface area (Å²) in [6.07, 6.45) is 3.36. The molecule has 0 aliphatic carbocycles. The van der Waals surface area contributed by atoms with Gasteiger partial charge in [-0.25, -0.2) is 13.2 Å². The second-order valence-corrected chi connectivity index (χ2v) is 10.6. The molecule has 0 spiro atoms. The quantitative estimate of drug-likeness (QED) is 0.477. The van der Waals surface area contributed by atoms with Crippen molar-refractivity contribution in [2.75, 3.05) is 13.1 Å². The van der Waals surface area contributed by atoms with Crippen LogP contribution in [0, 0.1) is 13.8 Å². The van der Waals surface area contributed by atoms with E-state index in [0.29, 0.717) is 24.1 Å². The van der Waals surface area contributed by atoms with E-state index in [1.54, 1.807) is 12.1 Å². The van der Waals surface area contributed by atoms with Gasteiger partial charge in [-0.1, -0.05) is 24.3 Å². The number of rotatable bonds is 4. The summed E-state index contributed by atoms with van der Waals surface area (Å²) >= 11 is 0. The standard InChI is InChI=1S/C25H26N4O3S/c1-16-4-3-5-21(17(16)2)19-6-8-22(26-15-19)18-10-12-29(13-11-18)33(31,32)20-7-9-23-24(14-20)28-25(30)27-23/h3-9,14-15,18H,10-13H2,1-2H3,(H2,27,28,30). The van der Waals surface area contributed by atoms with E-state index in [1.807, 2.05) is 6.20 Å². The number of nitrogens with zero attached hydrogens (tertiary/aromatic N) is 2. The van der Waals surface area contributed by atoms with Crippen molar-refractivity contribution < 1.29 is 8.42 Å². The van der Waals surface area contributed by atoms with Crippen molar-refractivity contribution >= 4 is 21.1 Å². The molecule has 2 aromatic carbocycles. The van der Waals surface area contributed by atoms with Gasteiger partial charge in [-0.15, -0.1) is 0 Å². The Hall–Kier alpha value is -3.23. The van der Waals surface area contributed by atoms with E-state index in [-0.39, 0.29) is 16.5 Å². The number of piperidine rings is 1. The van der Waals surface area contributed by atoms with E-state index in [2.05, 4.69) is 54.1 Å². The lowest BCUT2D eigenvalue weighted by atomic mass is 9.93. The van der Waals surface area contributed by atoms with Crippen LogP contribution in [0.1, 0.15) is 35.6 Å². The summed E-state index contributed by atoms with van der Waals surface area (Å²) in [7, 11) is -3.62. The monoisotopic (exact) mass is 462 g/mol. The number of hydrogen-bond donors (Lipinski definition) is 2. The molecule has 0 bridgehead atoms. The lowest BCUT2D eigenvalue weighted by molar-refractivity contribution is 0.317. The van der Waals surface area contributed by atoms with Gasteiger partial charge in [0.2, 0.25) is 10.0 Å². The minimum Gasteiger partial charge on any atom is -0.306 e. The van der Waals surface area contributed by atoms with Gasteiger partial charge in [0.1, 0.15) is 0 Å². The molecule has 1 aliphatic heterocycles. The van der Waals surface area contributed by atoms with E-state index in [0.717, 1.165) is 24.1 Å². The van der Waals surface area contributed by atoms with Crippen LogP contribution in [-0.4, -0.2) is 40.8 Å². The van der Waals surface area contributed by atoms with Crippen molar-refractivity contribution in [3.8, 4) is 11.1 Å². The zero-order valence-electron chi connectivity index (χ0n) is 18.6.